The quantitative estimate of drug-likeness (QED) is 0.696. The van der Waals surface area contributed by atoms with Crippen LogP contribution in [0.15, 0.2) is 42.7 Å². The molecule has 0 amide bonds. The minimum Gasteiger partial charge on any atom is -0.490 e. The van der Waals surface area contributed by atoms with Gasteiger partial charge in [-0.3, -0.25) is 4.90 Å². The Morgan fingerprint density at radius 1 is 1.11 bits per heavy atom. The van der Waals surface area contributed by atoms with E-state index in [0.29, 0.717) is 6.61 Å². The van der Waals surface area contributed by atoms with Gasteiger partial charge in [-0.15, -0.1) is 0 Å². The van der Waals surface area contributed by atoms with Crippen molar-refractivity contribution in [1.82, 2.24) is 14.9 Å². The number of hydrogen-bond donors (Lipinski definition) is 1. The summed E-state index contributed by atoms with van der Waals surface area (Å²) in [5.41, 5.74) is 5.66. The minimum absolute atomic E-state index is 0.207. The molecule has 1 aromatic heterocycles. The highest BCUT2D eigenvalue weighted by molar-refractivity contribution is 5.75. The normalized spacial score (nSPS) is 17.1. The SMILES string of the molecule is COC1(COc2ccc(C)cc2C)CCN(Cc2ccc3nc[nH]c3c2)CC1. The topological polar surface area (TPSA) is 50.4 Å². The largest absolute Gasteiger partial charge is 0.490 e. The van der Waals surface area contributed by atoms with Crippen LogP contribution in [0, 0.1) is 13.8 Å². The van der Waals surface area contributed by atoms with E-state index in [0.717, 1.165) is 49.3 Å². The lowest BCUT2D eigenvalue weighted by Crippen LogP contribution is -2.48. The van der Waals surface area contributed by atoms with Gasteiger partial charge in [0.15, 0.2) is 0 Å². The summed E-state index contributed by atoms with van der Waals surface area (Å²) in [4.78, 5) is 9.98. The second-order valence-corrected chi connectivity index (χ2v) is 7.97. The Bertz CT molecular complexity index is 942. The van der Waals surface area contributed by atoms with Gasteiger partial charge in [0.25, 0.3) is 0 Å². The number of methoxy groups -OCH3 is 1. The molecule has 0 radical (unpaired) electrons. The summed E-state index contributed by atoms with van der Waals surface area (Å²) in [5, 5.41) is 0. The Labute approximate surface area is 166 Å². The van der Waals surface area contributed by atoms with Gasteiger partial charge in [0.2, 0.25) is 0 Å². The molecule has 4 rings (SSSR count). The third-order valence-corrected chi connectivity index (χ3v) is 5.91. The molecule has 1 N–H and O–H groups in total. The van der Waals surface area contributed by atoms with E-state index in [9.17, 15) is 0 Å². The molecule has 5 heteroatoms. The lowest BCUT2D eigenvalue weighted by molar-refractivity contribution is -0.0840. The van der Waals surface area contributed by atoms with Crippen molar-refractivity contribution in [2.45, 2.75) is 38.8 Å². The van der Waals surface area contributed by atoms with Crippen LogP contribution in [0.25, 0.3) is 11.0 Å². The second-order valence-electron chi connectivity index (χ2n) is 7.97. The summed E-state index contributed by atoms with van der Waals surface area (Å²) in [6, 6.07) is 12.8. The predicted molar refractivity (Wildman–Crippen MR) is 112 cm³/mol. The zero-order valence-electron chi connectivity index (χ0n) is 17.0. The van der Waals surface area contributed by atoms with Crippen LogP contribution in [0.4, 0.5) is 0 Å². The molecule has 5 nitrogen and oxygen atoms in total. The van der Waals surface area contributed by atoms with E-state index >= 15 is 0 Å². The fourth-order valence-electron chi connectivity index (χ4n) is 4.04. The highest BCUT2D eigenvalue weighted by Gasteiger charge is 2.35. The molecule has 1 saturated heterocycles. The molecule has 1 aliphatic heterocycles. The number of H-pyrrole nitrogens is 1. The van der Waals surface area contributed by atoms with E-state index < -0.39 is 0 Å². The van der Waals surface area contributed by atoms with Gasteiger partial charge in [-0.1, -0.05) is 23.8 Å². The summed E-state index contributed by atoms with van der Waals surface area (Å²) in [5.74, 6) is 0.956. The zero-order chi connectivity index (χ0) is 19.6. The number of aromatic nitrogens is 2. The maximum Gasteiger partial charge on any atom is 0.122 e. The van der Waals surface area contributed by atoms with E-state index in [2.05, 4.69) is 65.1 Å². The summed E-state index contributed by atoms with van der Waals surface area (Å²) >= 11 is 0. The first-order valence-corrected chi connectivity index (χ1v) is 9.96. The number of rotatable bonds is 6. The Hall–Kier alpha value is -2.37. The van der Waals surface area contributed by atoms with E-state index in [1.165, 1.54) is 16.7 Å². The maximum absolute atomic E-state index is 6.16. The summed E-state index contributed by atoms with van der Waals surface area (Å²) in [6.07, 6.45) is 3.69. The fraction of sp³-hybridized carbons (Fsp3) is 0.435. The molecule has 0 saturated carbocycles. The second kappa shape index (κ2) is 7.94. The predicted octanol–water partition coefficient (Wildman–Crippen LogP) is 4.24. The number of benzene rings is 2. The number of aromatic amines is 1. The van der Waals surface area contributed by atoms with Crippen molar-refractivity contribution in [2.75, 3.05) is 26.8 Å². The lowest BCUT2D eigenvalue weighted by Gasteiger charge is -2.40. The van der Waals surface area contributed by atoms with Gasteiger partial charge in [0, 0.05) is 26.7 Å². The molecule has 148 valence electrons. The molecule has 0 unspecified atom stereocenters. The molecule has 0 bridgehead atoms. The van der Waals surface area contributed by atoms with Crippen LogP contribution in [0.1, 0.15) is 29.5 Å². The number of likely N-dealkylation sites (tertiary alicyclic amines) is 1. The van der Waals surface area contributed by atoms with Crippen LogP contribution in [0.2, 0.25) is 0 Å². The van der Waals surface area contributed by atoms with Gasteiger partial charge in [0.1, 0.15) is 18.0 Å². The molecule has 0 spiro atoms. The van der Waals surface area contributed by atoms with Crippen molar-refractivity contribution in [3.8, 4) is 5.75 Å². The highest BCUT2D eigenvalue weighted by atomic mass is 16.5. The first-order chi connectivity index (χ1) is 13.6. The summed E-state index contributed by atoms with van der Waals surface area (Å²) in [7, 11) is 1.81. The number of piperidine rings is 1. The molecule has 2 heterocycles. The molecule has 3 aromatic rings. The van der Waals surface area contributed by atoms with Crippen molar-refractivity contribution in [3.05, 3.63) is 59.4 Å². The molecular weight excluding hydrogens is 350 g/mol. The van der Waals surface area contributed by atoms with Crippen molar-refractivity contribution in [3.63, 3.8) is 0 Å². The van der Waals surface area contributed by atoms with Crippen LogP contribution in [-0.2, 0) is 11.3 Å². The van der Waals surface area contributed by atoms with Crippen LogP contribution in [0.5, 0.6) is 5.75 Å². The Kier molecular flexibility index (Phi) is 5.38. The number of imidazole rings is 1. The maximum atomic E-state index is 6.16. The van der Waals surface area contributed by atoms with Crippen LogP contribution in [0.3, 0.4) is 0 Å². The third kappa shape index (κ3) is 4.05. The fourth-order valence-corrected chi connectivity index (χ4v) is 4.04. The molecule has 1 fully saturated rings. The van der Waals surface area contributed by atoms with Gasteiger partial charge in [-0.05, 0) is 56.0 Å². The number of aryl methyl sites for hydroxylation is 2. The van der Waals surface area contributed by atoms with Gasteiger partial charge in [-0.25, -0.2) is 4.98 Å². The van der Waals surface area contributed by atoms with E-state index in [-0.39, 0.29) is 5.60 Å². The molecule has 28 heavy (non-hydrogen) atoms. The van der Waals surface area contributed by atoms with Crippen molar-refractivity contribution in [1.29, 1.82) is 0 Å². The highest BCUT2D eigenvalue weighted by Crippen LogP contribution is 2.29. The monoisotopic (exact) mass is 379 g/mol. The van der Waals surface area contributed by atoms with Crippen molar-refractivity contribution < 1.29 is 9.47 Å². The van der Waals surface area contributed by atoms with Gasteiger partial charge in [0.05, 0.1) is 17.4 Å². The Morgan fingerprint density at radius 2 is 1.93 bits per heavy atom. The standard InChI is InChI=1S/C23H29N3O2/c1-17-4-7-22(18(2)12-17)28-15-23(27-3)8-10-26(11-9-23)14-19-5-6-20-21(13-19)25-16-24-20/h4-7,12-13,16H,8-11,14-15H2,1-3H3,(H,24,25). The molecule has 1 aliphatic rings. The van der Waals surface area contributed by atoms with Gasteiger partial charge >= 0.3 is 0 Å². The smallest absolute Gasteiger partial charge is 0.122 e. The van der Waals surface area contributed by atoms with Gasteiger partial charge < -0.3 is 14.5 Å². The molecule has 2 aromatic carbocycles. The van der Waals surface area contributed by atoms with Gasteiger partial charge in [-0.2, -0.15) is 0 Å². The average molecular weight is 380 g/mol. The van der Waals surface area contributed by atoms with E-state index in [1.807, 2.05) is 7.11 Å². The summed E-state index contributed by atoms with van der Waals surface area (Å²) < 4.78 is 12.1. The first-order valence-electron chi connectivity index (χ1n) is 9.96. The molecular formula is C23H29N3O2. The molecule has 0 aliphatic carbocycles. The van der Waals surface area contributed by atoms with Crippen LogP contribution >= 0.6 is 0 Å². The third-order valence-electron chi connectivity index (χ3n) is 5.91. The summed E-state index contributed by atoms with van der Waals surface area (Å²) in [6.45, 7) is 7.76. The average Bonchev–Trinajstić information content (AvgIpc) is 3.16. The first kappa shape index (κ1) is 19.0. The number of nitrogens with zero attached hydrogens (tertiary/aromatic N) is 2. The molecule has 0 atom stereocenters. The lowest BCUT2D eigenvalue weighted by atomic mass is 9.91. The number of hydrogen-bond acceptors (Lipinski definition) is 4. The number of ether oxygens (including phenoxy) is 2. The number of nitrogens with one attached hydrogen (secondary N) is 1. The Morgan fingerprint density at radius 3 is 2.68 bits per heavy atom. The van der Waals surface area contributed by atoms with Crippen LogP contribution < -0.4 is 4.74 Å². The van der Waals surface area contributed by atoms with Crippen molar-refractivity contribution in [2.24, 2.45) is 0 Å². The zero-order valence-corrected chi connectivity index (χ0v) is 17.0. The Balaban J connectivity index is 1.35. The number of fused-ring (bicyclic) bond motifs is 1. The minimum atomic E-state index is -0.207. The van der Waals surface area contributed by atoms with E-state index in [4.69, 9.17) is 9.47 Å². The van der Waals surface area contributed by atoms with Crippen molar-refractivity contribution >= 4 is 11.0 Å². The van der Waals surface area contributed by atoms with E-state index in [1.54, 1.807) is 6.33 Å². The van der Waals surface area contributed by atoms with Crippen LogP contribution in [-0.4, -0.2) is 47.3 Å².